The van der Waals surface area contributed by atoms with Crippen molar-refractivity contribution in [3.63, 3.8) is 0 Å². The molecular weight excluding hydrogens is 246 g/mol. The predicted molar refractivity (Wildman–Crippen MR) is 68.3 cm³/mol. The van der Waals surface area contributed by atoms with E-state index in [1.54, 1.807) is 12.3 Å². The van der Waals surface area contributed by atoms with Crippen LogP contribution in [0, 0.1) is 0 Å². The first kappa shape index (κ1) is 12.8. The average molecular weight is 256 g/mol. The van der Waals surface area contributed by atoms with Gasteiger partial charge in [0.15, 0.2) is 0 Å². The van der Waals surface area contributed by atoms with Crippen LogP contribution in [0.1, 0.15) is 12.0 Å². The molecule has 0 radical (unpaired) electrons. The Morgan fingerprint density at radius 2 is 2.12 bits per heavy atom. The molecule has 0 spiro atoms. The number of carbonyl (C=O) groups is 1. The van der Waals surface area contributed by atoms with Crippen LogP contribution in [0.2, 0.25) is 0 Å². The number of rotatable bonds is 2. The highest BCUT2D eigenvalue weighted by Crippen LogP contribution is 2.32. The van der Waals surface area contributed by atoms with Crippen molar-refractivity contribution < 1.29 is 9.90 Å². The van der Waals surface area contributed by atoms with Gasteiger partial charge in [0.2, 0.25) is 0 Å². The van der Waals surface area contributed by atoms with Gasteiger partial charge in [0, 0.05) is 23.1 Å². The van der Waals surface area contributed by atoms with Gasteiger partial charge in [-0.25, -0.2) is 4.40 Å². The Bertz CT molecular complexity index is 457. The molecule has 0 aromatic heterocycles. The van der Waals surface area contributed by atoms with E-state index < -0.39 is 5.97 Å². The lowest BCUT2D eigenvalue weighted by molar-refractivity contribution is -0.135. The molecule has 2 rings (SSSR count). The first-order chi connectivity index (χ1) is 7.27. The maximum atomic E-state index is 10.7. The van der Waals surface area contributed by atoms with Crippen molar-refractivity contribution in [2.24, 2.45) is 4.40 Å². The summed E-state index contributed by atoms with van der Waals surface area (Å²) >= 11 is 1.36. The molecule has 0 fully saturated rings. The first-order valence-corrected chi connectivity index (χ1v) is 5.25. The third-order valence-electron chi connectivity index (χ3n) is 2.06. The van der Waals surface area contributed by atoms with E-state index in [0.717, 1.165) is 16.0 Å². The summed E-state index contributed by atoms with van der Waals surface area (Å²) in [6, 6.07) is 7.69. The number of carboxylic acids is 1. The Kier molecular flexibility index (Phi) is 4.58. The van der Waals surface area contributed by atoms with Gasteiger partial charge >= 0.3 is 5.97 Å². The van der Waals surface area contributed by atoms with E-state index in [1.807, 2.05) is 24.3 Å². The summed E-state index contributed by atoms with van der Waals surface area (Å²) in [6.07, 6.45) is 3.43. The van der Waals surface area contributed by atoms with E-state index in [1.165, 1.54) is 11.9 Å². The topological polar surface area (TPSA) is 49.7 Å². The third kappa shape index (κ3) is 2.87. The van der Waals surface area contributed by atoms with Gasteiger partial charge in [0.25, 0.3) is 0 Å². The Morgan fingerprint density at radius 1 is 1.38 bits per heavy atom. The molecule has 1 aromatic rings. The minimum absolute atomic E-state index is 0. The number of halogens is 1. The fourth-order valence-electron chi connectivity index (χ4n) is 1.43. The fourth-order valence-corrected chi connectivity index (χ4v) is 2.10. The summed E-state index contributed by atoms with van der Waals surface area (Å²) in [6.45, 7) is 0. The van der Waals surface area contributed by atoms with Crippen molar-refractivity contribution in [1.82, 2.24) is 0 Å². The van der Waals surface area contributed by atoms with Crippen molar-refractivity contribution >= 4 is 42.1 Å². The second kappa shape index (κ2) is 5.72. The average Bonchev–Trinajstić information content (AvgIpc) is 2.41. The van der Waals surface area contributed by atoms with Gasteiger partial charge in [-0.3, -0.25) is 4.79 Å². The van der Waals surface area contributed by atoms with E-state index >= 15 is 0 Å². The number of fused-ring (bicyclic) bond motifs is 1. The maximum Gasteiger partial charge on any atom is 0.307 e. The minimum atomic E-state index is -0.823. The summed E-state index contributed by atoms with van der Waals surface area (Å²) < 4.78 is 4.09. The SMILES string of the molecule is Cl.O=C(O)CC1=CC=NSc2ccccc21. The number of hydrogen-bond acceptors (Lipinski definition) is 3. The Hall–Kier alpha value is -1.26. The predicted octanol–water partition coefficient (Wildman–Crippen LogP) is 3.06. The molecule has 1 N–H and O–H groups in total. The normalized spacial score (nSPS) is 13.1. The number of nitrogens with zero attached hydrogens (tertiary/aromatic N) is 1. The second-order valence-electron chi connectivity index (χ2n) is 3.10. The van der Waals surface area contributed by atoms with E-state index in [-0.39, 0.29) is 18.8 Å². The van der Waals surface area contributed by atoms with Crippen LogP contribution in [0.25, 0.3) is 5.57 Å². The lowest BCUT2D eigenvalue weighted by atomic mass is 10.0. The van der Waals surface area contributed by atoms with Gasteiger partial charge in [0.1, 0.15) is 0 Å². The van der Waals surface area contributed by atoms with Gasteiger partial charge < -0.3 is 5.11 Å². The molecule has 84 valence electrons. The van der Waals surface area contributed by atoms with Crippen LogP contribution in [0.3, 0.4) is 0 Å². The van der Waals surface area contributed by atoms with Crippen molar-refractivity contribution in [2.75, 3.05) is 0 Å². The Balaban J connectivity index is 0.00000128. The van der Waals surface area contributed by atoms with Crippen LogP contribution >= 0.6 is 24.4 Å². The molecule has 0 saturated carbocycles. The summed E-state index contributed by atoms with van der Waals surface area (Å²) in [7, 11) is 0. The van der Waals surface area contributed by atoms with Crippen LogP contribution < -0.4 is 0 Å². The zero-order chi connectivity index (χ0) is 10.7. The molecule has 1 aliphatic heterocycles. The minimum Gasteiger partial charge on any atom is -0.481 e. The van der Waals surface area contributed by atoms with Gasteiger partial charge in [-0.15, -0.1) is 12.4 Å². The van der Waals surface area contributed by atoms with Crippen LogP contribution in [0.5, 0.6) is 0 Å². The Labute approximate surface area is 104 Å². The standard InChI is InChI=1S/C11H9NO2S.ClH/c13-11(14)7-8-5-6-12-15-10-4-2-1-3-9(8)10;/h1-6H,7H2,(H,13,14);1H. The van der Waals surface area contributed by atoms with Crippen molar-refractivity contribution in [3.8, 4) is 0 Å². The molecule has 0 amide bonds. The van der Waals surface area contributed by atoms with Crippen molar-refractivity contribution in [3.05, 3.63) is 35.9 Å². The van der Waals surface area contributed by atoms with E-state index in [9.17, 15) is 4.79 Å². The molecule has 0 atom stereocenters. The molecule has 16 heavy (non-hydrogen) atoms. The molecule has 3 nitrogen and oxygen atoms in total. The number of carboxylic acid groups (broad SMARTS) is 1. The molecule has 0 unspecified atom stereocenters. The van der Waals surface area contributed by atoms with Gasteiger partial charge in [-0.2, -0.15) is 0 Å². The zero-order valence-corrected chi connectivity index (χ0v) is 9.92. The van der Waals surface area contributed by atoms with Crippen LogP contribution in [-0.2, 0) is 4.79 Å². The van der Waals surface area contributed by atoms with Crippen LogP contribution in [0.4, 0.5) is 0 Å². The van der Waals surface area contributed by atoms with Crippen molar-refractivity contribution in [1.29, 1.82) is 0 Å². The molecule has 1 aliphatic rings. The number of allylic oxidation sites excluding steroid dienone is 1. The number of hydrogen-bond donors (Lipinski definition) is 1. The summed E-state index contributed by atoms with van der Waals surface area (Å²) in [5.41, 5.74) is 1.76. The largest absolute Gasteiger partial charge is 0.481 e. The summed E-state index contributed by atoms with van der Waals surface area (Å²) in [5, 5.41) is 8.79. The summed E-state index contributed by atoms with van der Waals surface area (Å²) in [5.74, 6) is -0.823. The molecule has 1 heterocycles. The molecule has 0 saturated heterocycles. The van der Waals surface area contributed by atoms with E-state index in [2.05, 4.69) is 4.40 Å². The molecule has 5 heteroatoms. The van der Waals surface area contributed by atoms with Gasteiger partial charge in [-0.1, -0.05) is 18.2 Å². The molecule has 1 aromatic carbocycles. The molecular formula is C11H10ClNO2S. The highest BCUT2D eigenvalue weighted by atomic mass is 35.5. The number of benzene rings is 1. The molecule has 0 aliphatic carbocycles. The van der Waals surface area contributed by atoms with Gasteiger partial charge in [-0.05, 0) is 23.3 Å². The van der Waals surface area contributed by atoms with E-state index in [4.69, 9.17) is 5.11 Å². The zero-order valence-electron chi connectivity index (χ0n) is 8.29. The highest BCUT2D eigenvalue weighted by Gasteiger charge is 2.12. The third-order valence-corrected chi connectivity index (χ3v) is 2.84. The van der Waals surface area contributed by atoms with E-state index in [0.29, 0.717) is 0 Å². The lowest BCUT2D eigenvalue weighted by Crippen LogP contribution is -1.97. The molecule has 0 bridgehead atoms. The fraction of sp³-hybridized carbons (Fsp3) is 0.0909. The number of aliphatic carboxylic acids is 1. The van der Waals surface area contributed by atoms with Crippen LogP contribution in [0.15, 0.2) is 39.6 Å². The highest BCUT2D eigenvalue weighted by molar-refractivity contribution is 7.98. The van der Waals surface area contributed by atoms with Crippen LogP contribution in [-0.4, -0.2) is 17.3 Å². The smallest absolute Gasteiger partial charge is 0.307 e. The maximum absolute atomic E-state index is 10.7. The lowest BCUT2D eigenvalue weighted by Gasteiger charge is -2.06. The monoisotopic (exact) mass is 255 g/mol. The quantitative estimate of drug-likeness (QED) is 0.827. The summed E-state index contributed by atoms with van der Waals surface area (Å²) in [4.78, 5) is 11.7. The Morgan fingerprint density at radius 3 is 2.88 bits per heavy atom. The van der Waals surface area contributed by atoms with Crippen molar-refractivity contribution in [2.45, 2.75) is 11.3 Å². The second-order valence-corrected chi connectivity index (χ2v) is 3.94. The first-order valence-electron chi connectivity index (χ1n) is 4.48. The van der Waals surface area contributed by atoms with Gasteiger partial charge in [0.05, 0.1) is 6.42 Å².